The molecule has 0 saturated carbocycles. The van der Waals surface area contributed by atoms with E-state index in [0.29, 0.717) is 33.7 Å². The van der Waals surface area contributed by atoms with Crippen molar-refractivity contribution in [3.05, 3.63) is 59.5 Å². The van der Waals surface area contributed by atoms with Crippen LogP contribution in [0.4, 0.5) is 4.39 Å². The van der Waals surface area contributed by atoms with Crippen LogP contribution in [-0.4, -0.2) is 47.1 Å². The molecule has 2 aromatic carbocycles. The normalized spacial score (nSPS) is 18.2. The third kappa shape index (κ3) is 4.29. The zero-order valence-corrected chi connectivity index (χ0v) is 21.6. The van der Waals surface area contributed by atoms with E-state index in [1.54, 1.807) is 57.5 Å². The van der Waals surface area contributed by atoms with Crippen LogP contribution in [-0.2, 0) is 17.9 Å². The Morgan fingerprint density at radius 2 is 1.83 bits per heavy atom. The van der Waals surface area contributed by atoms with Gasteiger partial charge in [0.2, 0.25) is 5.91 Å². The van der Waals surface area contributed by atoms with Crippen LogP contribution in [0.25, 0.3) is 10.9 Å². The molecule has 8 heteroatoms. The van der Waals surface area contributed by atoms with Gasteiger partial charge in [-0.15, -0.1) is 0 Å². The fourth-order valence-corrected chi connectivity index (χ4v) is 5.07. The minimum Gasteiger partial charge on any atom is -0.496 e. The lowest BCUT2D eigenvalue weighted by atomic mass is 9.93. The van der Waals surface area contributed by atoms with E-state index in [4.69, 9.17) is 9.47 Å². The van der Waals surface area contributed by atoms with Crippen molar-refractivity contribution in [2.75, 3.05) is 14.2 Å². The Bertz CT molecular complexity index is 1290. The summed E-state index contributed by atoms with van der Waals surface area (Å²) in [5, 5.41) is 3.87. The first-order chi connectivity index (χ1) is 17.3. The Kier molecular flexibility index (Phi) is 7.24. The van der Waals surface area contributed by atoms with Gasteiger partial charge in [-0.05, 0) is 44.0 Å². The summed E-state index contributed by atoms with van der Waals surface area (Å²) in [4.78, 5) is 29.4. The van der Waals surface area contributed by atoms with Crippen LogP contribution in [0.1, 0.15) is 56.1 Å². The molecule has 2 unspecified atom stereocenters. The van der Waals surface area contributed by atoms with E-state index in [2.05, 4.69) is 12.2 Å². The van der Waals surface area contributed by atoms with Gasteiger partial charge < -0.3 is 24.3 Å². The van der Waals surface area contributed by atoms with Gasteiger partial charge in [0.25, 0.3) is 5.91 Å². The van der Waals surface area contributed by atoms with Gasteiger partial charge in [-0.25, -0.2) is 4.39 Å². The minimum absolute atomic E-state index is 0.0119. The number of methoxy groups -OCH3 is 2. The Balaban J connectivity index is 1.88. The fraction of sp³-hybridized carbons (Fsp3) is 0.429. The Morgan fingerprint density at radius 1 is 1.14 bits per heavy atom. The van der Waals surface area contributed by atoms with Gasteiger partial charge in [0.1, 0.15) is 28.5 Å². The summed E-state index contributed by atoms with van der Waals surface area (Å²) in [6.45, 7) is 6.00. The summed E-state index contributed by atoms with van der Waals surface area (Å²) in [7, 11) is 3.14. The maximum absolute atomic E-state index is 14.7. The summed E-state index contributed by atoms with van der Waals surface area (Å²) >= 11 is 0. The summed E-state index contributed by atoms with van der Waals surface area (Å²) in [5.74, 6) is 0.140. The molecule has 0 saturated heterocycles. The van der Waals surface area contributed by atoms with Crippen molar-refractivity contribution in [1.29, 1.82) is 0 Å². The second-order valence-corrected chi connectivity index (χ2v) is 9.47. The molecule has 0 radical (unpaired) electrons. The van der Waals surface area contributed by atoms with Crippen molar-refractivity contribution in [2.45, 2.75) is 64.7 Å². The van der Waals surface area contributed by atoms with Crippen molar-refractivity contribution in [1.82, 2.24) is 14.8 Å². The second kappa shape index (κ2) is 10.2. The van der Waals surface area contributed by atoms with Crippen LogP contribution >= 0.6 is 0 Å². The van der Waals surface area contributed by atoms with Gasteiger partial charge in [0.05, 0.1) is 32.8 Å². The number of nitrogens with one attached hydrogen (secondary N) is 1. The standard InChI is InChI=1S/C28H34FN3O4/c1-6-10-19(7-2)30-27(34)28(3)17-31-22(15-20-23(35-4)13-14-24(36-5)25(20)31)26(33)32(28)16-18-11-8-9-12-21(18)29/h8-9,11-15,19H,6-7,10,16-17H2,1-5H3,(H,30,34). The van der Waals surface area contributed by atoms with Gasteiger partial charge in [0.15, 0.2) is 0 Å². The molecule has 0 aliphatic carbocycles. The van der Waals surface area contributed by atoms with E-state index >= 15 is 0 Å². The van der Waals surface area contributed by atoms with Crippen LogP contribution in [0.5, 0.6) is 11.5 Å². The Hall–Kier alpha value is -3.55. The number of rotatable bonds is 9. The van der Waals surface area contributed by atoms with Gasteiger partial charge in [-0.1, -0.05) is 38.5 Å². The molecule has 7 nitrogen and oxygen atoms in total. The first kappa shape index (κ1) is 25.5. The number of hydrogen-bond donors (Lipinski definition) is 1. The van der Waals surface area contributed by atoms with Gasteiger partial charge >= 0.3 is 0 Å². The highest BCUT2D eigenvalue weighted by atomic mass is 19.1. The molecule has 36 heavy (non-hydrogen) atoms. The summed E-state index contributed by atoms with van der Waals surface area (Å²) < 4.78 is 27.7. The fourth-order valence-electron chi connectivity index (χ4n) is 5.07. The van der Waals surface area contributed by atoms with Gasteiger partial charge in [-0.3, -0.25) is 9.59 Å². The van der Waals surface area contributed by atoms with E-state index in [9.17, 15) is 14.0 Å². The van der Waals surface area contributed by atoms with Crippen molar-refractivity contribution in [3.63, 3.8) is 0 Å². The van der Waals surface area contributed by atoms with Gasteiger partial charge in [-0.2, -0.15) is 0 Å². The molecule has 1 aliphatic heterocycles. The third-order valence-electron chi connectivity index (χ3n) is 7.19. The maximum atomic E-state index is 14.7. The lowest BCUT2D eigenvalue weighted by molar-refractivity contribution is -0.134. The number of carbonyl (C=O) groups excluding carboxylic acids is 2. The third-order valence-corrected chi connectivity index (χ3v) is 7.19. The van der Waals surface area contributed by atoms with Crippen LogP contribution in [0.3, 0.4) is 0 Å². The highest BCUT2D eigenvalue weighted by Gasteiger charge is 2.48. The predicted molar refractivity (Wildman–Crippen MR) is 137 cm³/mol. The molecule has 3 aromatic rings. The summed E-state index contributed by atoms with van der Waals surface area (Å²) in [6.07, 6.45) is 2.54. The molecular formula is C28H34FN3O4. The molecule has 0 bridgehead atoms. The SMILES string of the molecule is CCCC(CC)NC(=O)C1(C)Cn2c(cc3c(OC)ccc(OC)c32)C(=O)N1Cc1ccccc1F. The number of fused-ring (bicyclic) bond motifs is 3. The van der Waals surface area contributed by atoms with E-state index in [-0.39, 0.29) is 30.9 Å². The van der Waals surface area contributed by atoms with Crippen LogP contribution < -0.4 is 14.8 Å². The lowest BCUT2D eigenvalue weighted by Crippen LogP contribution is -2.64. The quantitative estimate of drug-likeness (QED) is 0.458. The highest BCUT2D eigenvalue weighted by molar-refractivity contribution is 6.05. The number of nitrogens with zero attached hydrogens (tertiary/aromatic N) is 2. The Morgan fingerprint density at radius 3 is 2.47 bits per heavy atom. The molecule has 2 heterocycles. The molecule has 1 aromatic heterocycles. The molecule has 2 atom stereocenters. The first-order valence-corrected chi connectivity index (χ1v) is 12.4. The number of aromatic nitrogens is 1. The van der Waals surface area contributed by atoms with Crippen molar-refractivity contribution < 1.29 is 23.5 Å². The molecule has 1 aliphatic rings. The predicted octanol–water partition coefficient (Wildman–Crippen LogP) is 4.91. The number of hydrogen-bond acceptors (Lipinski definition) is 4. The molecular weight excluding hydrogens is 461 g/mol. The van der Waals surface area contributed by atoms with Crippen LogP contribution in [0, 0.1) is 5.82 Å². The molecule has 0 fully saturated rings. The van der Waals surface area contributed by atoms with Crippen LogP contribution in [0.2, 0.25) is 0 Å². The summed E-state index contributed by atoms with van der Waals surface area (Å²) in [5.41, 5.74) is 0.165. The average Bonchev–Trinajstić information content (AvgIpc) is 3.26. The van der Waals surface area contributed by atoms with E-state index in [1.807, 2.05) is 11.5 Å². The van der Waals surface area contributed by atoms with Gasteiger partial charge in [0, 0.05) is 17.0 Å². The first-order valence-electron chi connectivity index (χ1n) is 12.4. The number of benzene rings is 2. The van der Waals surface area contributed by atoms with Crippen LogP contribution in [0.15, 0.2) is 42.5 Å². The van der Waals surface area contributed by atoms with Crippen molar-refractivity contribution >= 4 is 22.7 Å². The second-order valence-electron chi connectivity index (χ2n) is 9.47. The number of ether oxygens (including phenoxy) is 2. The monoisotopic (exact) mass is 495 g/mol. The van der Waals surface area contributed by atoms with Crippen molar-refractivity contribution in [3.8, 4) is 11.5 Å². The molecule has 2 amide bonds. The molecule has 1 N–H and O–H groups in total. The largest absolute Gasteiger partial charge is 0.496 e. The number of carbonyl (C=O) groups is 2. The minimum atomic E-state index is -1.27. The summed E-state index contributed by atoms with van der Waals surface area (Å²) in [6, 6.07) is 11.7. The molecule has 4 rings (SSSR count). The highest BCUT2D eigenvalue weighted by Crippen LogP contribution is 2.40. The Labute approximate surface area is 211 Å². The van der Waals surface area contributed by atoms with E-state index < -0.39 is 11.4 Å². The topological polar surface area (TPSA) is 72.8 Å². The molecule has 0 spiro atoms. The van der Waals surface area contributed by atoms with E-state index in [0.717, 1.165) is 19.3 Å². The molecule has 192 valence electrons. The smallest absolute Gasteiger partial charge is 0.271 e. The maximum Gasteiger partial charge on any atom is 0.271 e. The van der Waals surface area contributed by atoms with Crippen molar-refractivity contribution in [2.24, 2.45) is 0 Å². The number of halogens is 1. The van der Waals surface area contributed by atoms with E-state index in [1.165, 1.54) is 11.0 Å². The number of amides is 2. The average molecular weight is 496 g/mol. The zero-order valence-electron chi connectivity index (χ0n) is 21.6. The zero-order chi connectivity index (χ0) is 26.0. The lowest BCUT2D eigenvalue weighted by Gasteiger charge is -2.44.